The lowest BCUT2D eigenvalue weighted by molar-refractivity contribution is -0.126. The van der Waals surface area contributed by atoms with Gasteiger partial charge in [0.05, 0.1) is 0 Å². The number of nitrogens with one attached hydrogen (secondary N) is 3. The van der Waals surface area contributed by atoms with Crippen LogP contribution in [0.5, 0.6) is 0 Å². The number of amides is 2. The molecule has 1 aromatic heterocycles. The number of aryl methyl sites for hydroxylation is 1. The highest BCUT2D eigenvalue weighted by Crippen LogP contribution is 2.27. The molecule has 3 N–H and O–H groups in total. The van der Waals surface area contributed by atoms with Gasteiger partial charge in [0.1, 0.15) is 5.82 Å². The molecule has 0 saturated heterocycles. The van der Waals surface area contributed by atoms with E-state index in [9.17, 15) is 9.59 Å². The molecule has 8 heteroatoms. The molecule has 1 fully saturated rings. The van der Waals surface area contributed by atoms with Crippen LogP contribution in [-0.2, 0) is 16.1 Å². The third-order valence-corrected chi connectivity index (χ3v) is 5.99. The zero-order chi connectivity index (χ0) is 24.0. The molecule has 2 amide bonds. The van der Waals surface area contributed by atoms with E-state index in [2.05, 4.69) is 25.9 Å². The maximum absolute atomic E-state index is 12.7. The Bertz CT molecular complexity index is 967. The maximum Gasteiger partial charge on any atom is 0.226 e. The van der Waals surface area contributed by atoms with Crippen LogP contribution in [0.25, 0.3) is 0 Å². The summed E-state index contributed by atoms with van der Waals surface area (Å²) in [5.74, 6) is 1.56. The minimum Gasteiger partial charge on any atom is -0.362 e. The topological polar surface area (TPSA) is 99.2 Å². The van der Waals surface area contributed by atoms with Crippen molar-refractivity contribution in [2.75, 3.05) is 29.6 Å². The number of hydrogen-bond donors (Lipinski definition) is 3. The number of aromatic nitrogens is 2. The lowest BCUT2D eigenvalue weighted by Crippen LogP contribution is -2.36. The highest BCUT2D eigenvalue weighted by atomic mass is 16.2. The molecule has 1 aromatic carbocycles. The fraction of sp³-hybridized carbons (Fsp3) is 0.520. The van der Waals surface area contributed by atoms with Gasteiger partial charge in [-0.1, -0.05) is 26.0 Å². The van der Waals surface area contributed by atoms with Gasteiger partial charge >= 0.3 is 0 Å². The lowest BCUT2D eigenvalue weighted by Gasteiger charge is -2.28. The van der Waals surface area contributed by atoms with Gasteiger partial charge in [-0.2, -0.15) is 4.98 Å². The Morgan fingerprint density at radius 1 is 1.15 bits per heavy atom. The first-order chi connectivity index (χ1) is 15.7. The minimum atomic E-state index is -0.0782. The molecule has 1 aliphatic carbocycles. The van der Waals surface area contributed by atoms with Crippen molar-refractivity contribution >= 4 is 29.3 Å². The van der Waals surface area contributed by atoms with Crippen molar-refractivity contribution in [2.45, 2.75) is 59.0 Å². The fourth-order valence-corrected chi connectivity index (χ4v) is 4.02. The highest BCUT2D eigenvalue weighted by Gasteiger charge is 2.26. The van der Waals surface area contributed by atoms with Crippen LogP contribution in [0.2, 0.25) is 0 Å². The number of hydrogen-bond acceptors (Lipinski definition) is 6. The Hall–Kier alpha value is -3.16. The third-order valence-electron chi connectivity index (χ3n) is 5.99. The van der Waals surface area contributed by atoms with E-state index < -0.39 is 0 Å². The van der Waals surface area contributed by atoms with Crippen LogP contribution in [0.4, 0.5) is 17.5 Å². The second-order valence-corrected chi connectivity index (χ2v) is 9.35. The van der Waals surface area contributed by atoms with Crippen LogP contribution in [0.3, 0.4) is 0 Å². The van der Waals surface area contributed by atoms with E-state index in [0.29, 0.717) is 12.5 Å². The molecule has 0 atom stereocenters. The largest absolute Gasteiger partial charge is 0.362 e. The first-order valence-corrected chi connectivity index (χ1v) is 11.7. The van der Waals surface area contributed by atoms with Gasteiger partial charge in [-0.05, 0) is 50.3 Å². The Kier molecular flexibility index (Phi) is 8.25. The van der Waals surface area contributed by atoms with Crippen LogP contribution in [0.15, 0.2) is 30.5 Å². The molecule has 33 heavy (non-hydrogen) atoms. The number of anilines is 3. The zero-order valence-electron chi connectivity index (χ0n) is 20.3. The number of benzene rings is 1. The maximum atomic E-state index is 12.7. The third kappa shape index (κ3) is 6.91. The molecule has 0 bridgehead atoms. The first-order valence-electron chi connectivity index (χ1n) is 11.7. The molecule has 1 aliphatic rings. The zero-order valence-corrected chi connectivity index (χ0v) is 20.3. The van der Waals surface area contributed by atoms with Crippen molar-refractivity contribution in [1.29, 1.82) is 0 Å². The van der Waals surface area contributed by atoms with E-state index >= 15 is 0 Å². The van der Waals surface area contributed by atoms with Gasteiger partial charge in [-0.25, -0.2) is 4.98 Å². The van der Waals surface area contributed by atoms with Gasteiger partial charge in [0.15, 0.2) is 0 Å². The summed E-state index contributed by atoms with van der Waals surface area (Å²) in [5, 5.41) is 9.39. The average Bonchev–Trinajstić information content (AvgIpc) is 2.79. The van der Waals surface area contributed by atoms with E-state index in [1.54, 1.807) is 0 Å². The summed E-state index contributed by atoms with van der Waals surface area (Å²) in [7, 11) is 3.95. The second-order valence-electron chi connectivity index (χ2n) is 9.35. The Balaban J connectivity index is 1.46. The molecule has 0 radical (unpaired) electrons. The monoisotopic (exact) mass is 452 g/mol. The SMILES string of the molecule is Cc1cnc(N[C@H]2CC[C@@H](C(=O)NCc3cccc(NC(=O)C(C)C)c3)CC2)nc1N(C)C. The summed E-state index contributed by atoms with van der Waals surface area (Å²) in [6, 6.07) is 7.89. The number of carbonyl (C=O) groups excluding carboxylic acids is 2. The molecule has 3 rings (SSSR count). The van der Waals surface area contributed by atoms with Crippen molar-refractivity contribution in [3.8, 4) is 0 Å². The first kappa shape index (κ1) is 24.5. The molecular formula is C25H36N6O2. The van der Waals surface area contributed by atoms with Crippen LogP contribution in [-0.4, -0.2) is 41.9 Å². The summed E-state index contributed by atoms with van der Waals surface area (Å²) in [6.07, 6.45) is 5.32. The van der Waals surface area contributed by atoms with Crippen LogP contribution >= 0.6 is 0 Å². The average molecular weight is 453 g/mol. The predicted molar refractivity (Wildman–Crippen MR) is 132 cm³/mol. The standard InChI is InChI=1S/C25H36N6O2/c1-16(2)23(32)28-21-8-6-7-18(13-21)15-26-24(33)19-9-11-20(12-10-19)29-25-27-14-17(3)22(30-25)31(4)5/h6-8,13-14,16,19-20H,9-12,15H2,1-5H3,(H,26,33)(H,28,32)(H,27,29,30)/t19-,20+. The van der Waals surface area contributed by atoms with Gasteiger partial charge in [0.2, 0.25) is 17.8 Å². The normalized spacial score (nSPS) is 18.0. The summed E-state index contributed by atoms with van der Waals surface area (Å²) in [6.45, 7) is 6.17. The van der Waals surface area contributed by atoms with Crippen LogP contribution in [0.1, 0.15) is 50.7 Å². The Labute approximate surface area is 196 Å². The van der Waals surface area contributed by atoms with E-state index in [4.69, 9.17) is 0 Å². The number of rotatable bonds is 8. The smallest absolute Gasteiger partial charge is 0.226 e. The Morgan fingerprint density at radius 3 is 2.55 bits per heavy atom. The fourth-order valence-electron chi connectivity index (χ4n) is 4.02. The minimum absolute atomic E-state index is 0.0168. The summed E-state index contributed by atoms with van der Waals surface area (Å²) >= 11 is 0. The summed E-state index contributed by atoms with van der Waals surface area (Å²) in [5.41, 5.74) is 2.76. The van der Waals surface area contributed by atoms with Gasteiger partial charge in [0.25, 0.3) is 0 Å². The number of carbonyl (C=O) groups is 2. The van der Waals surface area contributed by atoms with Crippen LogP contribution < -0.4 is 20.9 Å². The van der Waals surface area contributed by atoms with E-state index in [0.717, 1.165) is 48.3 Å². The molecule has 0 spiro atoms. The lowest BCUT2D eigenvalue weighted by atomic mass is 9.85. The van der Waals surface area contributed by atoms with Gasteiger partial charge in [0, 0.05) is 56.0 Å². The highest BCUT2D eigenvalue weighted by molar-refractivity contribution is 5.92. The predicted octanol–water partition coefficient (Wildman–Crippen LogP) is 3.73. The molecule has 8 nitrogen and oxygen atoms in total. The second kappa shape index (κ2) is 11.1. The molecule has 0 unspecified atom stereocenters. The van der Waals surface area contributed by atoms with Gasteiger partial charge in [-0.3, -0.25) is 9.59 Å². The summed E-state index contributed by atoms with van der Waals surface area (Å²) < 4.78 is 0. The molecular weight excluding hydrogens is 416 g/mol. The van der Waals surface area contributed by atoms with E-state index in [1.807, 2.05) is 70.2 Å². The van der Waals surface area contributed by atoms with Crippen molar-refractivity contribution in [1.82, 2.24) is 15.3 Å². The molecule has 1 saturated carbocycles. The number of nitrogens with zero attached hydrogens (tertiary/aromatic N) is 3. The van der Waals surface area contributed by atoms with Crippen molar-refractivity contribution < 1.29 is 9.59 Å². The van der Waals surface area contributed by atoms with Crippen molar-refractivity contribution in [3.05, 3.63) is 41.6 Å². The van der Waals surface area contributed by atoms with Crippen molar-refractivity contribution in [3.63, 3.8) is 0 Å². The molecule has 178 valence electrons. The van der Waals surface area contributed by atoms with Gasteiger partial charge in [-0.15, -0.1) is 0 Å². The quantitative estimate of drug-likeness (QED) is 0.564. The van der Waals surface area contributed by atoms with Crippen LogP contribution in [0, 0.1) is 18.8 Å². The summed E-state index contributed by atoms with van der Waals surface area (Å²) in [4.78, 5) is 35.6. The van der Waals surface area contributed by atoms with E-state index in [-0.39, 0.29) is 29.7 Å². The molecule has 2 aromatic rings. The Morgan fingerprint density at radius 2 is 1.88 bits per heavy atom. The van der Waals surface area contributed by atoms with E-state index in [1.165, 1.54) is 0 Å². The van der Waals surface area contributed by atoms with Crippen molar-refractivity contribution in [2.24, 2.45) is 11.8 Å². The molecule has 1 heterocycles. The molecule has 0 aliphatic heterocycles. The van der Waals surface area contributed by atoms with Gasteiger partial charge < -0.3 is 20.9 Å².